The van der Waals surface area contributed by atoms with Gasteiger partial charge in [0, 0.05) is 30.5 Å². The van der Waals surface area contributed by atoms with E-state index in [0.717, 1.165) is 34.7 Å². The average molecular weight is 431 g/mol. The number of methoxy groups -OCH3 is 1. The minimum Gasteiger partial charge on any atom is -0.497 e. The summed E-state index contributed by atoms with van der Waals surface area (Å²) in [7, 11) is 1.64. The van der Waals surface area contributed by atoms with Gasteiger partial charge in [0.05, 0.1) is 13.2 Å². The van der Waals surface area contributed by atoms with Gasteiger partial charge in [-0.3, -0.25) is 0 Å². The quantitative estimate of drug-likeness (QED) is 0.507. The maximum atomic E-state index is 13.5. The highest BCUT2D eigenvalue weighted by Gasteiger charge is 2.31. The predicted octanol–water partition coefficient (Wildman–Crippen LogP) is 4.72. The van der Waals surface area contributed by atoms with Crippen molar-refractivity contribution in [3.8, 4) is 17.1 Å². The number of hydrogen-bond acceptors (Lipinski definition) is 4. The van der Waals surface area contributed by atoms with Crippen molar-refractivity contribution in [3.05, 3.63) is 72.7 Å². The van der Waals surface area contributed by atoms with E-state index in [-0.39, 0.29) is 17.9 Å². The number of benzene rings is 2. The number of pyridine rings is 1. The summed E-state index contributed by atoms with van der Waals surface area (Å²) in [6, 6.07) is 17.2. The van der Waals surface area contributed by atoms with Gasteiger partial charge in [0.1, 0.15) is 22.9 Å². The summed E-state index contributed by atoms with van der Waals surface area (Å²) >= 11 is 0. The summed E-state index contributed by atoms with van der Waals surface area (Å²) in [5.74, 6) is 1.19. The number of rotatable bonds is 4. The molecule has 0 unspecified atom stereocenters. The van der Waals surface area contributed by atoms with Crippen molar-refractivity contribution in [1.82, 2.24) is 19.4 Å². The van der Waals surface area contributed by atoms with E-state index in [1.807, 2.05) is 36.4 Å². The Morgan fingerprint density at radius 3 is 2.78 bits per heavy atom. The fourth-order valence-corrected chi connectivity index (χ4v) is 4.13. The first-order valence-corrected chi connectivity index (χ1v) is 10.4. The van der Waals surface area contributed by atoms with Gasteiger partial charge in [-0.05, 0) is 61.0 Å². The van der Waals surface area contributed by atoms with Gasteiger partial charge in [0.2, 0.25) is 0 Å². The lowest BCUT2D eigenvalue weighted by molar-refractivity contribution is 0.221. The van der Waals surface area contributed by atoms with Crippen LogP contribution in [0.3, 0.4) is 0 Å². The lowest BCUT2D eigenvalue weighted by Crippen LogP contribution is -2.33. The van der Waals surface area contributed by atoms with E-state index in [2.05, 4.69) is 14.9 Å². The van der Waals surface area contributed by atoms with Crippen molar-refractivity contribution in [2.24, 2.45) is 0 Å². The molecule has 8 heteroatoms. The van der Waals surface area contributed by atoms with E-state index < -0.39 is 0 Å². The summed E-state index contributed by atoms with van der Waals surface area (Å²) in [6.45, 7) is 1.09. The Kier molecular flexibility index (Phi) is 5.18. The van der Waals surface area contributed by atoms with Crippen LogP contribution in [0.25, 0.3) is 22.6 Å². The summed E-state index contributed by atoms with van der Waals surface area (Å²) < 4.78 is 20.8. The molecule has 1 saturated heterocycles. The molecule has 1 fully saturated rings. The minimum atomic E-state index is -0.387. The predicted molar refractivity (Wildman–Crippen MR) is 120 cm³/mol. The molecule has 2 aromatic carbocycles. The molecule has 162 valence electrons. The van der Waals surface area contributed by atoms with Gasteiger partial charge in [0.25, 0.3) is 0 Å². The highest BCUT2D eigenvalue weighted by molar-refractivity contribution is 5.89. The highest BCUT2D eigenvalue weighted by Crippen LogP contribution is 2.33. The molecule has 0 radical (unpaired) electrons. The highest BCUT2D eigenvalue weighted by atomic mass is 19.1. The van der Waals surface area contributed by atoms with E-state index in [1.165, 1.54) is 12.1 Å². The van der Waals surface area contributed by atoms with Gasteiger partial charge in [-0.2, -0.15) is 0 Å². The van der Waals surface area contributed by atoms with Crippen LogP contribution in [0.4, 0.5) is 14.9 Å². The van der Waals surface area contributed by atoms with Crippen LogP contribution in [0.1, 0.15) is 12.5 Å². The van der Waals surface area contributed by atoms with E-state index in [9.17, 15) is 9.18 Å². The Morgan fingerprint density at radius 2 is 2.00 bits per heavy atom. The summed E-state index contributed by atoms with van der Waals surface area (Å²) in [6.07, 6.45) is 2.52. The molecular weight excluding hydrogens is 409 g/mol. The van der Waals surface area contributed by atoms with Crippen LogP contribution in [0.15, 0.2) is 66.9 Å². The molecule has 1 atom stereocenters. The van der Waals surface area contributed by atoms with Gasteiger partial charge in [-0.25, -0.2) is 19.2 Å². The summed E-state index contributed by atoms with van der Waals surface area (Å²) in [5, 5.41) is 2.78. The van der Waals surface area contributed by atoms with Crippen molar-refractivity contribution >= 4 is 22.9 Å². The number of carbonyl (C=O) groups excluding carboxylic acids is 1. The molecule has 0 aliphatic carbocycles. The molecule has 7 nitrogen and oxygen atoms in total. The lowest BCUT2D eigenvalue weighted by atomic mass is 10.2. The first-order chi connectivity index (χ1) is 15.6. The van der Waals surface area contributed by atoms with Crippen LogP contribution in [0, 0.1) is 5.82 Å². The Balaban J connectivity index is 1.43. The van der Waals surface area contributed by atoms with E-state index in [1.54, 1.807) is 30.3 Å². The third kappa shape index (κ3) is 3.75. The normalized spacial score (nSPS) is 15.8. The Bertz CT molecular complexity index is 1270. The second-order valence-electron chi connectivity index (χ2n) is 7.71. The number of fused-ring (bicyclic) bond motifs is 1. The van der Waals surface area contributed by atoms with E-state index in [4.69, 9.17) is 9.72 Å². The molecule has 3 heterocycles. The maximum absolute atomic E-state index is 13.5. The first-order valence-electron chi connectivity index (χ1n) is 10.4. The zero-order chi connectivity index (χ0) is 22.1. The van der Waals surface area contributed by atoms with E-state index in [0.29, 0.717) is 18.8 Å². The minimum absolute atomic E-state index is 0.0188. The molecule has 2 aromatic heterocycles. The van der Waals surface area contributed by atoms with Crippen molar-refractivity contribution in [2.75, 3.05) is 25.5 Å². The SMILES string of the molecule is COc1ccc(-c2nc3cccnc3n2[C@@H]2CCN(C(=O)Nc3cccc(F)c3)C2)cc1. The van der Waals surface area contributed by atoms with Gasteiger partial charge in [0.15, 0.2) is 5.65 Å². The molecule has 2 amide bonds. The fourth-order valence-electron chi connectivity index (χ4n) is 4.13. The number of imidazole rings is 1. The van der Waals surface area contributed by atoms with Crippen LogP contribution in [-0.2, 0) is 0 Å². The summed E-state index contributed by atoms with van der Waals surface area (Å²) in [5.41, 5.74) is 2.98. The fraction of sp³-hybridized carbons (Fsp3) is 0.208. The van der Waals surface area contributed by atoms with Gasteiger partial charge in [-0.15, -0.1) is 0 Å². The maximum Gasteiger partial charge on any atom is 0.321 e. The Labute approximate surface area is 184 Å². The molecule has 1 N–H and O–H groups in total. The number of amides is 2. The van der Waals surface area contributed by atoms with Gasteiger partial charge in [-0.1, -0.05) is 6.07 Å². The number of aromatic nitrogens is 3. The molecule has 0 saturated carbocycles. The number of ether oxygens (including phenoxy) is 1. The average Bonchev–Trinajstić information content (AvgIpc) is 3.44. The summed E-state index contributed by atoms with van der Waals surface area (Å²) in [4.78, 5) is 23.9. The number of anilines is 1. The molecule has 4 aromatic rings. The number of carbonyl (C=O) groups is 1. The topological polar surface area (TPSA) is 72.3 Å². The lowest BCUT2D eigenvalue weighted by Gasteiger charge is -2.19. The largest absolute Gasteiger partial charge is 0.497 e. The number of likely N-dealkylation sites (tertiary alicyclic amines) is 1. The number of nitrogens with zero attached hydrogens (tertiary/aromatic N) is 4. The number of hydrogen-bond donors (Lipinski definition) is 1. The smallest absolute Gasteiger partial charge is 0.321 e. The molecule has 5 rings (SSSR count). The number of urea groups is 1. The van der Waals surface area contributed by atoms with Crippen molar-refractivity contribution in [3.63, 3.8) is 0 Å². The molecule has 32 heavy (non-hydrogen) atoms. The second kappa shape index (κ2) is 8.30. The zero-order valence-electron chi connectivity index (χ0n) is 17.5. The Hall–Kier alpha value is -3.94. The standard InChI is InChI=1S/C24H22FN5O2/c1-32-20-9-7-16(8-10-20)22-28-21-6-3-12-26-23(21)30(22)19-11-13-29(15-19)24(31)27-18-5-2-4-17(25)14-18/h2-10,12,14,19H,11,13,15H2,1H3,(H,27,31)/t19-/m1/s1. The molecule has 1 aliphatic heterocycles. The van der Waals surface area contributed by atoms with Crippen molar-refractivity contribution in [2.45, 2.75) is 12.5 Å². The monoisotopic (exact) mass is 431 g/mol. The number of nitrogens with one attached hydrogen (secondary N) is 1. The van der Waals surface area contributed by atoms with Crippen LogP contribution >= 0.6 is 0 Å². The number of halogens is 1. The molecular formula is C24H22FN5O2. The third-order valence-corrected chi connectivity index (χ3v) is 5.69. The molecule has 0 spiro atoms. The Morgan fingerprint density at radius 1 is 1.16 bits per heavy atom. The van der Waals surface area contributed by atoms with Crippen LogP contribution in [0.5, 0.6) is 5.75 Å². The van der Waals surface area contributed by atoms with Gasteiger partial charge < -0.3 is 19.5 Å². The second-order valence-corrected chi connectivity index (χ2v) is 7.71. The van der Waals surface area contributed by atoms with Crippen molar-refractivity contribution < 1.29 is 13.9 Å². The van der Waals surface area contributed by atoms with E-state index >= 15 is 0 Å². The van der Waals surface area contributed by atoms with Crippen LogP contribution in [-0.4, -0.2) is 45.7 Å². The van der Waals surface area contributed by atoms with Crippen LogP contribution < -0.4 is 10.1 Å². The van der Waals surface area contributed by atoms with Crippen LogP contribution in [0.2, 0.25) is 0 Å². The van der Waals surface area contributed by atoms with Gasteiger partial charge >= 0.3 is 6.03 Å². The third-order valence-electron chi connectivity index (χ3n) is 5.69. The first kappa shape index (κ1) is 20.0. The molecule has 1 aliphatic rings. The van der Waals surface area contributed by atoms with Crippen molar-refractivity contribution in [1.29, 1.82) is 0 Å². The zero-order valence-corrected chi connectivity index (χ0v) is 17.5. The molecule has 0 bridgehead atoms.